The molecule has 2 aromatic rings. The molecule has 1 aromatic carbocycles. The smallest absolute Gasteiger partial charge is 0.465 e. The van der Waals surface area contributed by atoms with Crippen molar-refractivity contribution in [1.29, 1.82) is 0 Å². The molecule has 116 valence electrons. The molecule has 22 heavy (non-hydrogen) atoms. The normalized spacial score (nSPS) is 11.1. The Morgan fingerprint density at radius 3 is 2.59 bits per heavy atom. The van der Waals surface area contributed by atoms with E-state index < -0.39 is 12.3 Å². The van der Waals surface area contributed by atoms with Gasteiger partial charge in [0.1, 0.15) is 5.75 Å². The highest BCUT2D eigenvalue weighted by Gasteiger charge is 2.31. The van der Waals surface area contributed by atoms with Crippen LogP contribution in [-0.2, 0) is 4.74 Å². The summed E-state index contributed by atoms with van der Waals surface area (Å²) in [5.41, 5.74) is 0.684. The van der Waals surface area contributed by atoms with E-state index in [2.05, 4.69) is 14.5 Å². The van der Waals surface area contributed by atoms with Gasteiger partial charge in [0.2, 0.25) is 0 Å². The Balaban J connectivity index is 2.36. The fourth-order valence-corrected chi connectivity index (χ4v) is 2.00. The Morgan fingerprint density at radius 2 is 2.00 bits per heavy atom. The van der Waals surface area contributed by atoms with Crippen LogP contribution in [0, 0.1) is 0 Å². The molecule has 2 rings (SSSR count). The maximum Gasteiger partial charge on any atom is 0.573 e. The number of carbonyl (C=O) groups excluding carboxylic acids is 1. The molecule has 0 atom stereocenters. The molecule has 0 aliphatic heterocycles. The molecule has 0 amide bonds. The fraction of sp³-hybridized carbons (Fsp3) is 0.143. The predicted molar refractivity (Wildman–Crippen MR) is 72.7 cm³/mol. The van der Waals surface area contributed by atoms with Gasteiger partial charge in [-0.05, 0) is 18.2 Å². The summed E-state index contributed by atoms with van der Waals surface area (Å²) in [7, 11) is 1.21. The maximum atomic E-state index is 12.2. The Labute approximate surface area is 128 Å². The van der Waals surface area contributed by atoms with E-state index in [9.17, 15) is 18.0 Å². The van der Waals surface area contributed by atoms with E-state index in [1.54, 1.807) is 0 Å². The molecule has 0 aliphatic carbocycles. The van der Waals surface area contributed by atoms with Crippen LogP contribution in [0.15, 0.2) is 36.5 Å². The standard InChI is InChI=1S/C14H9ClF3NO3/c1-21-13(20)9-6-11(15)12(19-7-9)8-3-2-4-10(5-8)22-14(16,17)18/h2-7H,1H3. The molecule has 0 bridgehead atoms. The molecule has 0 aliphatic rings. The lowest BCUT2D eigenvalue weighted by molar-refractivity contribution is -0.274. The predicted octanol–water partition coefficient (Wildman–Crippen LogP) is 4.09. The second-order valence-electron chi connectivity index (χ2n) is 4.12. The number of alkyl halides is 3. The van der Waals surface area contributed by atoms with Crippen molar-refractivity contribution in [3.8, 4) is 17.0 Å². The molecule has 1 heterocycles. The first-order valence-corrected chi connectivity index (χ1v) is 6.28. The van der Waals surface area contributed by atoms with E-state index in [1.807, 2.05) is 0 Å². The summed E-state index contributed by atoms with van der Waals surface area (Å²) in [5.74, 6) is -1.00. The van der Waals surface area contributed by atoms with Crippen LogP contribution in [0.3, 0.4) is 0 Å². The Kier molecular flexibility index (Phi) is 4.56. The molecular weight excluding hydrogens is 323 g/mol. The second-order valence-corrected chi connectivity index (χ2v) is 4.53. The fourth-order valence-electron chi connectivity index (χ4n) is 1.72. The highest BCUT2D eigenvalue weighted by Crippen LogP contribution is 2.31. The number of esters is 1. The molecule has 0 N–H and O–H groups in total. The number of hydrogen-bond acceptors (Lipinski definition) is 4. The van der Waals surface area contributed by atoms with Crippen LogP contribution in [0.25, 0.3) is 11.3 Å². The second kappa shape index (κ2) is 6.23. The third-order valence-corrected chi connectivity index (χ3v) is 2.89. The molecule has 1 aromatic heterocycles. The van der Waals surface area contributed by atoms with Crippen molar-refractivity contribution in [2.75, 3.05) is 7.11 Å². The summed E-state index contributed by atoms with van der Waals surface area (Å²) in [6, 6.07) is 6.54. The molecule has 0 fully saturated rings. The lowest BCUT2D eigenvalue weighted by atomic mass is 10.1. The molecule has 0 unspecified atom stereocenters. The summed E-state index contributed by atoms with van der Waals surface area (Å²) in [6.07, 6.45) is -3.56. The monoisotopic (exact) mass is 331 g/mol. The average Bonchev–Trinajstić information content (AvgIpc) is 2.44. The van der Waals surface area contributed by atoms with Gasteiger partial charge in [0, 0.05) is 11.8 Å². The highest BCUT2D eigenvalue weighted by molar-refractivity contribution is 6.33. The first-order valence-electron chi connectivity index (χ1n) is 5.90. The van der Waals surface area contributed by atoms with Crippen LogP contribution < -0.4 is 4.74 Å². The number of pyridine rings is 1. The number of aromatic nitrogens is 1. The van der Waals surface area contributed by atoms with Gasteiger partial charge in [-0.25, -0.2) is 4.79 Å². The van der Waals surface area contributed by atoms with Gasteiger partial charge < -0.3 is 9.47 Å². The first kappa shape index (κ1) is 16.1. The molecule has 0 saturated carbocycles. The summed E-state index contributed by atoms with van der Waals surface area (Å²) >= 11 is 6.02. The zero-order valence-electron chi connectivity index (χ0n) is 11.1. The number of hydrogen-bond donors (Lipinski definition) is 0. The zero-order valence-corrected chi connectivity index (χ0v) is 11.9. The van der Waals surface area contributed by atoms with Crippen molar-refractivity contribution in [3.63, 3.8) is 0 Å². The van der Waals surface area contributed by atoms with E-state index in [-0.39, 0.29) is 22.0 Å². The van der Waals surface area contributed by atoms with E-state index in [0.717, 1.165) is 12.1 Å². The summed E-state index contributed by atoms with van der Waals surface area (Å²) in [4.78, 5) is 15.3. The lowest BCUT2D eigenvalue weighted by Gasteiger charge is -2.10. The number of benzene rings is 1. The Bertz CT molecular complexity index is 704. The van der Waals surface area contributed by atoms with Crippen LogP contribution in [0.4, 0.5) is 13.2 Å². The van der Waals surface area contributed by atoms with Crippen molar-refractivity contribution in [3.05, 3.63) is 47.1 Å². The van der Waals surface area contributed by atoms with Gasteiger partial charge in [0.15, 0.2) is 0 Å². The number of methoxy groups -OCH3 is 1. The quantitative estimate of drug-likeness (QED) is 0.795. The molecular formula is C14H9ClF3NO3. The van der Waals surface area contributed by atoms with Gasteiger partial charge in [0.25, 0.3) is 0 Å². The van der Waals surface area contributed by atoms with E-state index >= 15 is 0 Å². The van der Waals surface area contributed by atoms with Crippen LogP contribution in [-0.4, -0.2) is 24.4 Å². The van der Waals surface area contributed by atoms with Crippen LogP contribution in [0.5, 0.6) is 5.75 Å². The van der Waals surface area contributed by atoms with Crippen LogP contribution in [0.1, 0.15) is 10.4 Å². The van der Waals surface area contributed by atoms with Crippen molar-refractivity contribution in [2.45, 2.75) is 6.36 Å². The minimum Gasteiger partial charge on any atom is -0.465 e. The van der Waals surface area contributed by atoms with Gasteiger partial charge in [-0.15, -0.1) is 13.2 Å². The van der Waals surface area contributed by atoms with E-state index in [4.69, 9.17) is 11.6 Å². The minimum absolute atomic E-state index is 0.104. The maximum absolute atomic E-state index is 12.2. The lowest BCUT2D eigenvalue weighted by Crippen LogP contribution is -2.17. The molecule has 0 radical (unpaired) electrons. The van der Waals surface area contributed by atoms with E-state index in [0.29, 0.717) is 5.56 Å². The SMILES string of the molecule is COC(=O)c1cnc(-c2cccc(OC(F)(F)F)c2)c(Cl)c1. The van der Waals surface area contributed by atoms with Crippen molar-refractivity contribution < 1.29 is 27.4 Å². The van der Waals surface area contributed by atoms with Crippen molar-refractivity contribution in [2.24, 2.45) is 0 Å². The van der Waals surface area contributed by atoms with Crippen molar-refractivity contribution in [1.82, 2.24) is 4.98 Å². The highest BCUT2D eigenvalue weighted by atomic mass is 35.5. The average molecular weight is 332 g/mol. The topological polar surface area (TPSA) is 48.4 Å². The molecule has 8 heteroatoms. The zero-order chi connectivity index (χ0) is 16.3. The summed E-state index contributed by atoms with van der Waals surface area (Å²) < 4.78 is 45.0. The molecule has 4 nitrogen and oxygen atoms in total. The van der Waals surface area contributed by atoms with E-state index in [1.165, 1.54) is 31.5 Å². The number of nitrogens with zero attached hydrogens (tertiary/aromatic N) is 1. The van der Waals surface area contributed by atoms with Gasteiger partial charge in [0.05, 0.1) is 23.4 Å². The molecule has 0 saturated heterocycles. The summed E-state index contributed by atoms with van der Waals surface area (Å²) in [5, 5.41) is 0.104. The Morgan fingerprint density at radius 1 is 1.27 bits per heavy atom. The number of carbonyl (C=O) groups is 1. The number of ether oxygens (including phenoxy) is 2. The Hall–Kier alpha value is -2.28. The molecule has 0 spiro atoms. The third kappa shape index (κ3) is 3.88. The first-order chi connectivity index (χ1) is 10.3. The number of rotatable bonds is 3. The van der Waals surface area contributed by atoms with Crippen LogP contribution in [0.2, 0.25) is 5.02 Å². The van der Waals surface area contributed by atoms with Gasteiger partial charge >= 0.3 is 12.3 Å². The van der Waals surface area contributed by atoms with Gasteiger partial charge in [-0.2, -0.15) is 0 Å². The number of halogens is 4. The van der Waals surface area contributed by atoms with Crippen molar-refractivity contribution >= 4 is 17.6 Å². The third-order valence-electron chi connectivity index (χ3n) is 2.60. The minimum atomic E-state index is -4.79. The van der Waals surface area contributed by atoms with Gasteiger partial charge in [-0.1, -0.05) is 23.7 Å². The van der Waals surface area contributed by atoms with Crippen LogP contribution >= 0.6 is 11.6 Å². The largest absolute Gasteiger partial charge is 0.573 e. The summed E-state index contributed by atoms with van der Waals surface area (Å²) in [6.45, 7) is 0. The van der Waals surface area contributed by atoms with Gasteiger partial charge in [-0.3, -0.25) is 4.98 Å².